The Hall–Kier alpha value is 0.636. The van der Waals surface area contributed by atoms with Crippen LogP contribution in [0.15, 0.2) is 0 Å². The summed E-state index contributed by atoms with van der Waals surface area (Å²) >= 11 is 0. The Morgan fingerprint density at radius 1 is 0.774 bits per heavy atom. The molecule has 0 rings (SSSR count). The molecule has 10 N–H and O–H groups in total. The number of hydrogen-bond acceptors (Lipinski definition) is 11. The topological polar surface area (TPSA) is 280 Å². The molecule has 16 nitrogen and oxygen atoms in total. The molecule has 19 heteroatoms. The van der Waals surface area contributed by atoms with Crippen LogP contribution in [0.3, 0.4) is 0 Å². The Kier molecular flexibility index (Phi) is 29.8. The number of aliphatic carboxylic acids is 2. The summed E-state index contributed by atoms with van der Waals surface area (Å²) in [5.74, 6) is -2.32. The maximum absolute atomic E-state index is 10.1. The number of nitrogens with one attached hydrogen (secondary N) is 2. The Morgan fingerprint density at radius 2 is 1.10 bits per heavy atom. The third kappa shape index (κ3) is 45.0. The quantitative estimate of drug-likeness (QED) is 0.0744. The zero-order chi connectivity index (χ0) is 24.2. The van der Waals surface area contributed by atoms with Gasteiger partial charge in [0.05, 0.1) is 45.5 Å². The van der Waals surface area contributed by atoms with Crippen molar-refractivity contribution in [1.82, 2.24) is 15.5 Å². The van der Waals surface area contributed by atoms with Crippen molar-refractivity contribution in [2.24, 2.45) is 0 Å². The van der Waals surface area contributed by atoms with Crippen LogP contribution in [-0.4, -0.2) is 122 Å². The van der Waals surface area contributed by atoms with Gasteiger partial charge in [0.25, 0.3) is 0 Å². The van der Waals surface area contributed by atoms with E-state index in [9.17, 15) is 23.6 Å². The van der Waals surface area contributed by atoms with Crippen LogP contribution in [0, 0.1) is 0 Å². The van der Waals surface area contributed by atoms with Gasteiger partial charge in [-0.05, 0) is 0 Å². The largest absolute Gasteiger partial charge is 1.00 e. The van der Waals surface area contributed by atoms with Crippen molar-refractivity contribution in [3.63, 3.8) is 0 Å². The van der Waals surface area contributed by atoms with E-state index in [0.29, 0.717) is 19.6 Å². The number of aliphatic hydroxyl groups is 3. The standard InChI is InChI=1S/C6H15NO3.2C3H8NO5P.K/c8-4-1-7(2-5-9)3-6-10;2*5-3(6)1-4-2-10(7,8)9;/h8-10H,1-6H2;2*4H,1-2H2,(H,5,6)(H2,7,8,9);/q;;;+1/p-1. The van der Waals surface area contributed by atoms with Crippen LogP contribution in [0.4, 0.5) is 0 Å². The van der Waals surface area contributed by atoms with Gasteiger partial charge in [0.1, 0.15) is 7.60 Å². The Balaban J connectivity index is -0.000000174. The molecule has 0 aromatic rings. The van der Waals surface area contributed by atoms with Crippen LogP contribution in [0.2, 0.25) is 0 Å². The molecule has 0 aliphatic heterocycles. The van der Waals surface area contributed by atoms with Gasteiger partial charge in [-0.2, -0.15) is 0 Å². The molecule has 0 aromatic carbocycles. The molecular formula is C12H30KN3O13P2. The summed E-state index contributed by atoms with van der Waals surface area (Å²) in [6.45, 7) is 0.835. The van der Waals surface area contributed by atoms with Gasteiger partial charge >= 0.3 is 70.9 Å². The smallest absolute Gasteiger partial charge is 0.778 e. The minimum absolute atomic E-state index is 0. The fourth-order valence-corrected chi connectivity index (χ4v) is 2.17. The van der Waals surface area contributed by atoms with Crippen molar-refractivity contribution in [3.8, 4) is 0 Å². The summed E-state index contributed by atoms with van der Waals surface area (Å²) in [5.41, 5.74) is 0. The predicted octanol–water partition coefficient (Wildman–Crippen LogP) is -7.77. The van der Waals surface area contributed by atoms with Crippen molar-refractivity contribution >= 4 is 27.1 Å². The zero-order valence-corrected chi connectivity index (χ0v) is 21.9. The number of carboxylic acids is 2. The van der Waals surface area contributed by atoms with Gasteiger partial charge in [-0.15, -0.1) is 0 Å². The van der Waals surface area contributed by atoms with E-state index in [4.69, 9.17) is 40.2 Å². The molecule has 1 unspecified atom stereocenters. The average molecular weight is 525 g/mol. The van der Waals surface area contributed by atoms with E-state index in [0.717, 1.165) is 0 Å². The maximum Gasteiger partial charge on any atom is 1.00 e. The van der Waals surface area contributed by atoms with Gasteiger partial charge in [0, 0.05) is 19.6 Å². The van der Waals surface area contributed by atoms with E-state index in [-0.39, 0.29) is 71.2 Å². The summed E-state index contributed by atoms with van der Waals surface area (Å²) in [6, 6.07) is 0. The molecular weight excluding hydrogens is 495 g/mol. The molecule has 0 radical (unpaired) electrons. The van der Waals surface area contributed by atoms with Crippen LogP contribution in [0.1, 0.15) is 0 Å². The molecule has 0 bridgehead atoms. The molecule has 0 spiro atoms. The molecule has 182 valence electrons. The molecule has 0 aliphatic carbocycles. The van der Waals surface area contributed by atoms with Crippen LogP contribution in [0.5, 0.6) is 0 Å². The second-order valence-corrected chi connectivity index (χ2v) is 8.51. The normalized spacial score (nSPS) is 12.4. The van der Waals surface area contributed by atoms with E-state index >= 15 is 0 Å². The van der Waals surface area contributed by atoms with E-state index in [1.54, 1.807) is 4.90 Å². The first-order chi connectivity index (χ1) is 13.7. The minimum Gasteiger partial charge on any atom is -0.778 e. The molecule has 0 amide bonds. The summed E-state index contributed by atoms with van der Waals surface area (Å²) in [6.07, 6.45) is -1.31. The molecule has 0 aliphatic rings. The van der Waals surface area contributed by atoms with E-state index in [2.05, 4.69) is 5.32 Å². The average Bonchev–Trinajstić information content (AvgIpc) is 2.53. The molecule has 31 heavy (non-hydrogen) atoms. The Labute approximate surface area is 221 Å². The van der Waals surface area contributed by atoms with Crippen molar-refractivity contribution in [3.05, 3.63) is 0 Å². The predicted molar refractivity (Wildman–Crippen MR) is 101 cm³/mol. The molecule has 0 fully saturated rings. The Bertz CT molecular complexity index is 494. The van der Waals surface area contributed by atoms with Gasteiger partial charge in [0.15, 0.2) is 0 Å². The van der Waals surface area contributed by atoms with Crippen molar-refractivity contribution in [1.29, 1.82) is 0 Å². The molecule has 0 aromatic heterocycles. The van der Waals surface area contributed by atoms with Gasteiger partial charge in [-0.3, -0.25) is 29.7 Å². The van der Waals surface area contributed by atoms with Gasteiger partial charge in [-0.1, -0.05) is 0 Å². The minimum atomic E-state index is -4.35. The number of rotatable bonds is 14. The van der Waals surface area contributed by atoms with Crippen LogP contribution >= 0.6 is 15.2 Å². The van der Waals surface area contributed by atoms with Crippen molar-refractivity contribution in [2.75, 3.05) is 65.1 Å². The second kappa shape index (κ2) is 23.8. The summed E-state index contributed by atoms with van der Waals surface area (Å²) in [4.78, 5) is 55.7. The van der Waals surface area contributed by atoms with Crippen LogP contribution < -0.4 is 66.9 Å². The maximum atomic E-state index is 10.1. The van der Waals surface area contributed by atoms with E-state index in [1.165, 1.54) is 0 Å². The number of hydrogen-bond donors (Lipinski definition) is 10. The number of nitrogens with zero attached hydrogens (tertiary/aromatic N) is 1. The fraction of sp³-hybridized carbons (Fsp3) is 0.833. The summed E-state index contributed by atoms with van der Waals surface area (Å²) in [7, 11) is -8.44. The summed E-state index contributed by atoms with van der Waals surface area (Å²) < 4.78 is 20.0. The molecule has 0 heterocycles. The van der Waals surface area contributed by atoms with Crippen molar-refractivity contribution < 1.29 is 115 Å². The fourth-order valence-electron chi connectivity index (χ4n) is 1.37. The third-order valence-corrected chi connectivity index (χ3v) is 3.69. The van der Waals surface area contributed by atoms with Crippen molar-refractivity contribution in [2.45, 2.75) is 0 Å². The molecule has 0 saturated heterocycles. The zero-order valence-electron chi connectivity index (χ0n) is 17.0. The number of carboxylic acid groups (broad SMARTS) is 2. The Morgan fingerprint density at radius 3 is 1.32 bits per heavy atom. The van der Waals surface area contributed by atoms with E-state index < -0.39 is 52.8 Å². The first-order valence-electron chi connectivity index (χ1n) is 8.15. The van der Waals surface area contributed by atoms with Crippen LogP contribution in [-0.2, 0) is 18.7 Å². The van der Waals surface area contributed by atoms with E-state index in [1.807, 2.05) is 5.32 Å². The first-order valence-corrected chi connectivity index (χ1v) is 11.7. The monoisotopic (exact) mass is 525 g/mol. The van der Waals surface area contributed by atoms with Crippen LogP contribution in [0.25, 0.3) is 0 Å². The van der Waals surface area contributed by atoms with Gasteiger partial charge in [-0.25, -0.2) is 0 Å². The summed E-state index contributed by atoms with van der Waals surface area (Å²) in [5, 5.41) is 45.5. The molecule has 1 atom stereocenters. The van der Waals surface area contributed by atoms with Gasteiger partial charge in [0.2, 0.25) is 0 Å². The third-order valence-electron chi connectivity index (χ3n) is 2.43. The number of aliphatic hydroxyl groups excluding tert-OH is 3. The number of carbonyl (C=O) groups is 2. The first kappa shape index (κ1) is 38.9. The second-order valence-electron chi connectivity index (χ2n) is 5.27. The molecule has 0 saturated carbocycles. The SMILES string of the molecule is O=C(O)CNCP(=O)(O)O.O=C(O)CNCP(=O)([O-])O.OCCN(CCO)CCO.[K+]. The van der Waals surface area contributed by atoms with Gasteiger partial charge < -0.3 is 49.7 Å².